The normalized spacial score (nSPS) is 13.0. The van der Waals surface area contributed by atoms with Gasteiger partial charge in [-0.3, -0.25) is 4.98 Å². The summed E-state index contributed by atoms with van der Waals surface area (Å²) in [6, 6.07) is 5.72. The summed E-state index contributed by atoms with van der Waals surface area (Å²) in [7, 11) is 0. The molecule has 0 aromatic carbocycles. The smallest absolute Gasteiger partial charge is 0.241 e. The van der Waals surface area contributed by atoms with E-state index in [4.69, 9.17) is 9.42 Å². The van der Waals surface area contributed by atoms with Crippen molar-refractivity contribution in [3.05, 3.63) is 30.6 Å². The zero-order valence-corrected chi connectivity index (χ0v) is 16.9. The Morgan fingerprint density at radius 1 is 0.913 bits per heavy atom. The summed E-state index contributed by atoms with van der Waals surface area (Å²) < 4.78 is 5.05. The maximum atomic E-state index is 9.13. The Morgan fingerprint density at radius 3 is 1.74 bits per heavy atom. The summed E-state index contributed by atoms with van der Waals surface area (Å²) in [6.07, 6.45) is 16.5. The number of pyridine rings is 1. The van der Waals surface area contributed by atoms with E-state index in [1.54, 1.807) is 12.4 Å². The van der Waals surface area contributed by atoms with Gasteiger partial charge in [0, 0.05) is 12.4 Å². The molecule has 134 valence electrons. The van der Waals surface area contributed by atoms with Crippen LogP contribution in [0.4, 0.5) is 0 Å². The average molecular weight is 378 g/mol. The van der Waals surface area contributed by atoms with Crippen molar-refractivity contribution in [1.82, 2.24) is 4.98 Å². The van der Waals surface area contributed by atoms with Crippen LogP contribution in [0.15, 0.2) is 30.6 Å². The Hall–Kier alpha value is 0.0700. The van der Waals surface area contributed by atoms with Gasteiger partial charge in [-0.15, -0.1) is 0 Å². The predicted molar refractivity (Wildman–Crippen MR) is 108 cm³/mol. The first-order valence-electron chi connectivity index (χ1n) is 8.61. The molecule has 0 bridgehead atoms. The zero-order valence-electron chi connectivity index (χ0n) is 14.3. The van der Waals surface area contributed by atoms with Gasteiger partial charge in [0.2, 0.25) is 5.69 Å². The van der Waals surface area contributed by atoms with Crippen LogP contribution in [0, 0.1) is 0 Å². The van der Waals surface area contributed by atoms with Crippen LogP contribution < -0.4 is 0 Å². The molecule has 1 N–H and O–H groups in total. The van der Waals surface area contributed by atoms with E-state index in [0.29, 0.717) is 6.61 Å². The van der Waals surface area contributed by atoms with Crippen LogP contribution >= 0.6 is 17.9 Å². The SMILES string of the molecule is CCCCCCCCCCCCOP(O)(=S)S.c1ccncc1. The Balaban J connectivity index is 0.000000664. The molecule has 1 aromatic rings. The summed E-state index contributed by atoms with van der Waals surface area (Å²) >= 11 is 8.48. The molecule has 0 aliphatic carbocycles. The van der Waals surface area contributed by atoms with Crippen molar-refractivity contribution < 1.29 is 9.42 Å². The highest BCUT2D eigenvalue weighted by molar-refractivity contribution is 8.59. The number of thiol groups is 1. The molecular formula is C17H32NO2PS2. The lowest BCUT2D eigenvalue weighted by Crippen LogP contribution is -1.89. The molecule has 0 amide bonds. The Bertz CT molecular complexity index is 361. The molecule has 0 saturated heterocycles. The molecule has 0 radical (unpaired) electrons. The van der Waals surface area contributed by atoms with E-state index in [1.807, 2.05) is 18.2 Å². The molecule has 0 fully saturated rings. The minimum Gasteiger partial charge on any atom is -0.338 e. The molecule has 1 heterocycles. The van der Waals surface area contributed by atoms with Crippen molar-refractivity contribution in [1.29, 1.82) is 0 Å². The van der Waals surface area contributed by atoms with Gasteiger partial charge in [-0.05, 0) is 30.4 Å². The van der Waals surface area contributed by atoms with Crippen LogP contribution in [0.2, 0.25) is 0 Å². The molecule has 1 atom stereocenters. The fourth-order valence-electron chi connectivity index (χ4n) is 2.09. The first kappa shape index (κ1) is 23.1. The van der Waals surface area contributed by atoms with Crippen molar-refractivity contribution in [3.63, 3.8) is 0 Å². The maximum absolute atomic E-state index is 9.13. The van der Waals surface area contributed by atoms with E-state index in [2.05, 4.69) is 36.0 Å². The largest absolute Gasteiger partial charge is 0.338 e. The van der Waals surface area contributed by atoms with E-state index in [-0.39, 0.29) is 0 Å². The van der Waals surface area contributed by atoms with Crippen LogP contribution in [-0.4, -0.2) is 16.5 Å². The number of aromatic nitrogens is 1. The minimum atomic E-state index is -2.72. The van der Waals surface area contributed by atoms with Crippen molar-refractivity contribution in [2.45, 2.75) is 71.1 Å². The topological polar surface area (TPSA) is 42.4 Å². The number of hydrogen-bond acceptors (Lipinski definition) is 3. The van der Waals surface area contributed by atoms with Crippen LogP contribution in [0.5, 0.6) is 0 Å². The molecular weight excluding hydrogens is 345 g/mol. The van der Waals surface area contributed by atoms with Gasteiger partial charge in [-0.1, -0.05) is 83.0 Å². The fraction of sp³-hybridized carbons (Fsp3) is 0.706. The van der Waals surface area contributed by atoms with Gasteiger partial charge in [-0.25, -0.2) is 0 Å². The van der Waals surface area contributed by atoms with Crippen molar-refractivity contribution in [2.24, 2.45) is 0 Å². The van der Waals surface area contributed by atoms with Gasteiger partial charge < -0.3 is 9.42 Å². The van der Waals surface area contributed by atoms with Crippen molar-refractivity contribution >= 4 is 29.7 Å². The van der Waals surface area contributed by atoms with Gasteiger partial charge in [0.25, 0.3) is 0 Å². The summed E-state index contributed by atoms with van der Waals surface area (Å²) in [5, 5.41) is 0. The summed E-state index contributed by atoms with van der Waals surface area (Å²) in [5.74, 6) is 0. The molecule has 0 aliphatic heterocycles. The maximum Gasteiger partial charge on any atom is 0.241 e. The lowest BCUT2D eigenvalue weighted by atomic mass is 10.1. The molecule has 6 heteroatoms. The highest BCUT2D eigenvalue weighted by atomic mass is 32.9. The van der Waals surface area contributed by atoms with Crippen LogP contribution in [0.25, 0.3) is 0 Å². The summed E-state index contributed by atoms with van der Waals surface area (Å²) in [5.41, 5.74) is -2.72. The van der Waals surface area contributed by atoms with Crippen molar-refractivity contribution in [3.8, 4) is 0 Å². The average Bonchev–Trinajstić information content (AvgIpc) is 2.54. The number of unbranched alkanes of at least 4 members (excludes halogenated alkanes) is 9. The molecule has 1 rings (SSSR count). The second-order valence-electron chi connectivity index (χ2n) is 5.53. The standard InChI is InChI=1S/C12H27O2PS2.C5H5N/c1-2-3-4-5-6-7-8-9-10-11-12-14-15(13,16)17;1-2-4-6-5-3-1/h2-12H2,1H3,(H2,13,16,17);1-5H. The highest BCUT2D eigenvalue weighted by Crippen LogP contribution is 2.47. The minimum absolute atomic E-state index is 0.549. The quantitative estimate of drug-likeness (QED) is 0.260. The van der Waals surface area contributed by atoms with Gasteiger partial charge in [0.15, 0.2) is 0 Å². The Labute approximate surface area is 152 Å². The van der Waals surface area contributed by atoms with Gasteiger partial charge in [0.1, 0.15) is 0 Å². The van der Waals surface area contributed by atoms with Crippen LogP contribution in [0.1, 0.15) is 71.1 Å². The van der Waals surface area contributed by atoms with E-state index < -0.39 is 5.69 Å². The Kier molecular flexibility index (Phi) is 17.0. The molecule has 0 spiro atoms. The molecule has 1 unspecified atom stereocenters. The van der Waals surface area contributed by atoms with E-state index >= 15 is 0 Å². The van der Waals surface area contributed by atoms with Crippen LogP contribution in [0.3, 0.4) is 0 Å². The lowest BCUT2D eigenvalue weighted by molar-refractivity contribution is 0.307. The van der Waals surface area contributed by atoms with Gasteiger partial charge in [-0.2, -0.15) is 0 Å². The number of rotatable bonds is 12. The molecule has 0 saturated carbocycles. The van der Waals surface area contributed by atoms with Crippen molar-refractivity contribution in [2.75, 3.05) is 6.61 Å². The molecule has 1 aromatic heterocycles. The Morgan fingerprint density at radius 2 is 1.39 bits per heavy atom. The number of nitrogens with zero attached hydrogens (tertiary/aromatic N) is 1. The van der Waals surface area contributed by atoms with E-state index in [0.717, 1.165) is 12.8 Å². The molecule has 23 heavy (non-hydrogen) atoms. The monoisotopic (exact) mass is 377 g/mol. The third kappa shape index (κ3) is 22.1. The second-order valence-corrected chi connectivity index (χ2v) is 10.7. The fourth-order valence-corrected chi connectivity index (χ4v) is 2.92. The molecule has 0 aliphatic rings. The first-order valence-corrected chi connectivity index (χ1v) is 12.4. The lowest BCUT2D eigenvalue weighted by Gasteiger charge is -2.08. The van der Waals surface area contributed by atoms with Gasteiger partial charge >= 0.3 is 0 Å². The predicted octanol–water partition coefficient (Wildman–Crippen LogP) is 6.15. The van der Waals surface area contributed by atoms with Gasteiger partial charge in [0.05, 0.1) is 6.61 Å². The zero-order chi connectivity index (χ0) is 17.2. The van der Waals surface area contributed by atoms with E-state index in [1.165, 1.54) is 51.4 Å². The summed E-state index contributed by atoms with van der Waals surface area (Å²) in [4.78, 5) is 12.9. The number of hydrogen-bond donors (Lipinski definition) is 2. The van der Waals surface area contributed by atoms with E-state index in [9.17, 15) is 0 Å². The molecule has 3 nitrogen and oxygen atoms in total. The third-order valence-corrected chi connectivity index (χ3v) is 4.51. The third-order valence-electron chi connectivity index (χ3n) is 3.32. The second kappa shape index (κ2) is 16.9. The highest BCUT2D eigenvalue weighted by Gasteiger charge is 2.04. The summed E-state index contributed by atoms with van der Waals surface area (Å²) in [6.45, 7) is 2.80. The van der Waals surface area contributed by atoms with Crippen LogP contribution in [-0.2, 0) is 16.3 Å². The first-order chi connectivity index (χ1) is 11.1.